The van der Waals surface area contributed by atoms with E-state index in [1.165, 1.54) is 6.26 Å². The van der Waals surface area contributed by atoms with Crippen LogP contribution in [0.4, 0.5) is 0 Å². The number of ether oxygens (including phenoxy) is 1. The van der Waals surface area contributed by atoms with E-state index in [1.54, 1.807) is 30.3 Å². The van der Waals surface area contributed by atoms with Crippen LogP contribution >= 0.6 is 0 Å². The van der Waals surface area contributed by atoms with Gasteiger partial charge in [0, 0.05) is 5.56 Å². The number of nitriles is 1. The second-order valence-corrected chi connectivity index (χ2v) is 7.67. The van der Waals surface area contributed by atoms with Crippen LogP contribution in [0.3, 0.4) is 0 Å². The van der Waals surface area contributed by atoms with Gasteiger partial charge in [-0.2, -0.15) is 5.26 Å². The van der Waals surface area contributed by atoms with Gasteiger partial charge >= 0.3 is 0 Å². The van der Waals surface area contributed by atoms with Gasteiger partial charge in [-0.1, -0.05) is 29.8 Å². The predicted molar refractivity (Wildman–Crippen MR) is 112 cm³/mol. The highest BCUT2D eigenvalue weighted by molar-refractivity contribution is 5.73. The lowest BCUT2D eigenvalue weighted by molar-refractivity contribution is -0.251. The summed E-state index contributed by atoms with van der Waals surface area (Å²) in [5.74, 6) is 0.313. The van der Waals surface area contributed by atoms with E-state index in [0.717, 1.165) is 10.1 Å². The Bertz CT molecular complexity index is 1190. The van der Waals surface area contributed by atoms with Crippen LogP contribution in [-0.4, -0.2) is 56.0 Å². The number of aliphatic hydroxyl groups excluding tert-OH is 4. The molecule has 3 aromatic rings. The van der Waals surface area contributed by atoms with Crippen molar-refractivity contribution >= 4 is 0 Å². The number of hydrogen-bond donors (Lipinski definition) is 4. The van der Waals surface area contributed by atoms with Crippen LogP contribution in [0.1, 0.15) is 17.4 Å². The van der Waals surface area contributed by atoms with Crippen molar-refractivity contribution in [1.82, 2.24) is 4.57 Å². The van der Waals surface area contributed by atoms with Gasteiger partial charge in [-0.3, -0.25) is 9.36 Å². The normalized spacial score (nSPS) is 25.4. The van der Waals surface area contributed by atoms with Gasteiger partial charge in [-0.15, -0.1) is 0 Å². The third-order valence-corrected chi connectivity index (χ3v) is 5.61. The number of aliphatic hydroxyl groups is 4. The second-order valence-electron chi connectivity index (χ2n) is 7.67. The summed E-state index contributed by atoms with van der Waals surface area (Å²) < 4.78 is 12.1. The minimum atomic E-state index is -1.70. The zero-order valence-electron chi connectivity index (χ0n) is 17.1. The van der Waals surface area contributed by atoms with Gasteiger partial charge < -0.3 is 29.6 Å². The van der Waals surface area contributed by atoms with Crippen molar-refractivity contribution in [2.75, 3.05) is 6.61 Å². The number of aryl methyl sites for hydroxylation is 1. The van der Waals surface area contributed by atoms with Crippen LogP contribution in [0.25, 0.3) is 22.6 Å². The standard InChI is InChI=1S/C23H22N2O7/c1-12-4-6-13(7-5-12)16-9-14(17-3-2-8-31-17)15(10-24)22(30)25(16)23-21(29)20(28)19(27)18(11-26)32-23/h2-9,18-21,23,26-29H,11H2,1H3/t18-,19+,20+,21+,23+/m0/s1. The van der Waals surface area contributed by atoms with Crippen molar-refractivity contribution in [2.45, 2.75) is 37.6 Å². The minimum absolute atomic E-state index is 0.243. The smallest absolute Gasteiger partial charge is 0.271 e. The van der Waals surface area contributed by atoms with Crippen LogP contribution in [-0.2, 0) is 4.74 Å². The molecule has 9 nitrogen and oxygen atoms in total. The van der Waals surface area contributed by atoms with E-state index >= 15 is 0 Å². The molecule has 32 heavy (non-hydrogen) atoms. The predicted octanol–water partition coefficient (Wildman–Crippen LogP) is 0.928. The molecule has 1 fully saturated rings. The van der Waals surface area contributed by atoms with E-state index < -0.39 is 42.8 Å². The Labute approximate surface area is 183 Å². The number of nitrogens with zero attached hydrogens (tertiary/aromatic N) is 2. The minimum Gasteiger partial charge on any atom is -0.464 e. The van der Waals surface area contributed by atoms with Crippen molar-refractivity contribution in [3.05, 3.63) is 70.2 Å². The maximum atomic E-state index is 13.5. The van der Waals surface area contributed by atoms with Crippen LogP contribution in [0.15, 0.2) is 57.9 Å². The fraction of sp³-hybridized carbons (Fsp3) is 0.304. The molecular weight excluding hydrogens is 416 g/mol. The molecule has 166 valence electrons. The van der Waals surface area contributed by atoms with E-state index in [2.05, 4.69) is 0 Å². The summed E-state index contributed by atoms with van der Waals surface area (Å²) >= 11 is 0. The molecule has 0 unspecified atom stereocenters. The Morgan fingerprint density at radius 2 is 1.81 bits per heavy atom. The summed E-state index contributed by atoms with van der Waals surface area (Å²) in [7, 11) is 0. The number of aromatic nitrogens is 1. The Hall–Kier alpha value is -3.26. The first-order chi connectivity index (χ1) is 15.4. The molecule has 0 saturated carbocycles. The molecule has 1 aliphatic rings. The van der Waals surface area contributed by atoms with Gasteiger partial charge in [0.05, 0.1) is 18.6 Å². The second kappa shape index (κ2) is 8.70. The number of furan rings is 1. The zero-order chi connectivity index (χ0) is 23.0. The van der Waals surface area contributed by atoms with Crippen molar-refractivity contribution < 1.29 is 29.6 Å². The molecule has 1 saturated heterocycles. The highest BCUT2D eigenvalue weighted by atomic mass is 16.6. The molecule has 2 aromatic heterocycles. The first-order valence-corrected chi connectivity index (χ1v) is 9.98. The highest BCUT2D eigenvalue weighted by Gasteiger charge is 2.45. The fourth-order valence-corrected chi connectivity index (χ4v) is 3.85. The summed E-state index contributed by atoms with van der Waals surface area (Å²) in [6, 6.07) is 13.9. The van der Waals surface area contributed by atoms with Crippen LogP contribution in [0.5, 0.6) is 0 Å². The van der Waals surface area contributed by atoms with E-state index in [1.807, 2.05) is 25.1 Å². The molecule has 0 amide bonds. The average Bonchev–Trinajstić information content (AvgIpc) is 3.33. The van der Waals surface area contributed by atoms with Gasteiger partial charge in [-0.05, 0) is 30.7 Å². The fourth-order valence-electron chi connectivity index (χ4n) is 3.85. The molecule has 3 heterocycles. The molecule has 1 aromatic carbocycles. The summed E-state index contributed by atoms with van der Waals surface area (Å²) in [6.07, 6.45) is -6.22. The van der Waals surface area contributed by atoms with E-state index in [4.69, 9.17) is 9.15 Å². The van der Waals surface area contributed by atoms with Gasteiger partial charge in [0.1, 0.15) is 41.8 Å². The van der Waals surface area contributed by atoms with Crippen LogP contribution < -0.4 is 5.56 Å². The SMILES string of the molecule is Cc1ccc(-c2cc(-c3ccco3)c(C#N)c(=O)n2[C@@H]2O[C@@H](CO)[C@@H](O)[C@@H](O)[C@H]2O)cc1. The molecular formula is C23H22N2O7. The molecule has 0 aliphatic carbocycles. The van der Waals surface area contributed by atoms with Gasteiger partial charge in [0.15, 0.2) is 6.23 Å². The lowest BCUT2D eigenvalue weighted by Gasteiger charge is -2.41. The Kier molecular flexibility index (Phi) is 5.97. The lowest BCUT2D eigenvalue weighted by Crippen LogP contribution is -2.57. The number of benzene rings is 1. The molecule has 1 aliphatic heterocycles. The van der Waals surface area contributed by atoms with Crippen LogP contribution in [0, 0.1) is 18.3 Å². The molecule has 0 radical (unpaired) electrons. The van der Waals surface area contributed by atoms with Crippen molar-refractivity contribution in [3.63, 3.8) is 0 Å². The molecule has 5 atom stereocenters. The van der Waals surface area contributed by atoms with Gasteiger partial charge in [0.25, 0.3) is 5.56 Å². The maximum absolute atomic E-state index is 13.5. The van der Waals surface area contributed by atoms with Gasteiger partial charge in [-0.25, -0.2) is 0 Å². The summed E-state index contributed by atoms with van der Waals surface area (Å²) in [4.78, 5) is 13.5. The zero-order valence-corrected chi connectivity index (χ0v) is 17.1. The summed E-state index contributed by atoms with van der Waals surface area (Å²) in [6.45, 7) is 1.26. The lowest BCUT2D eigenvalue weighted by atomic mass is 9.96. The Morgan fingerprint density at radius 1 is 1.09 bits per heavy atom. The third-order valence-electron chi connectivity index (χ3n) is 5.61. The van der Waals surface area contributed by atoms with Crippen molar-refractivity contribution in [3.8, 4) is 28.7 Å². The molecule has 4 rings (SSSR count). The first-order valence-electron chi connectivity index (χ1n) is 9.98. The van der Waals surface area contributed by atoms with Crippen molar-refractivity contribution in [2.24, 2.45) is 0 Å². The van der Waals surface area contributed by atoms with Crippen molar-refractivity contribution in [1.29, 1.82) is 5.26 Å². The number of pyridine rings is 1. The van der Waals surface area contributed by atoms with E-state index in [0.29, 0.717) is 17.0 Å². The first kappa shape index (κ1) is 22.0. The number of rotatable bonds is 4. The monoisotopic (exact) mass is 438 g/mol. The van der Waals surface area contributed by atoms with Crippen LogP contribution in [0.2, 0.25) is 0 Å². The Morgan fingerprint density at radius 3 is 2.41 bits per heavy atom. The molecule has 0 bridgehead atoms. The number of hydrogen-bond acceptors (Lipinski definition) is 8. The van der Waals surface area contributed by atoms with E-state index in [9.17, 15) is 30.5 Å². The third kappa shape index (κ3) is 3.64. The average molecular weight is 438 g/mol. The molecule has 9 heteroatoms. The highest BCUT2D eigenvalue weighted by Crippen LogP contribution is 2.34. The van der Waals surface area contributed by atoms with E-state index in [-0.39, 0.29) is 11.1 Å². The summed E-state index contributed by atoms with van der Waals surface area (Å²) in [5.41, 5.74) is 1.11. The molecule has 0 spiro atoms. The quantitative estimate of drug-likeness (QED) is 0.470. The molecule has 4 N–H and O–H groups in total. The Balaban J connectivity index is 2.00. The largest absolute Gasteiger partial charge is 0.464 e. The topological polar surface area (TPSA) is 149 Å². The summed E-state index contributed by atoms with van der Waals surface area (Å²) in [5, 5.41) is 50.3. The maximum Gasteiger partial charge on any atom is 0.271 e. The van der Waals surface area contributed by atoms with Gasteiger partial charge in [0.2, 0.25) is 0 Å².